The summed E-state index contributed by atoms with van der Waals surface area (Å²) >= 11 is 1.12. The SMILES string of the molecule is CCNC(=O)NC(=O)CSc1nnnn1-c1ccccc1OCC. The van der Waals surface area contributed by atoms with Gasteiger partial charge in [0.05, 0.1) is 12.4 Å². The van der Waals surface area contributed by atoms with E-state index in [1.165, 1.54) is 4.68 Å². The zero-order valence-corrected chi connectivity index (χ0v) is 14.2. The maximum absolute atomic E-state index is 11.7. The van der Waals surface area contributed by atoms with Crippen LogP contribution in [0.4, 0.5) is 4.79 Å². The lowest BCUT2D eigenvalue weighted by atomic mass is 10.3. The lowest BCUT2D eigenvalue weighted by Crippen LogP contribution is -2.40. The molecule has 9 nitrogen and oxygen atoms in total. The van der Waals surface area contributed by atoms with Crippen molar-refractivity contribution in [2.45, 2.75) is 19.0 Å². The Kier molecular flexibility index (Phi) is 6.55. The van der Waals surface area contributed by atoms with Crippen molar-refractivity contribution in [3.05, 3.63) is 24.3 Å². The van der Waals surface area contributed by atoms with Crippen molar-refractivity contribution in [2.24, 2.45) is 0 Å². The number of aromatic nitrogens is 4. The van der Waals surface area contributed by atoms with Crippen molar-refractivity contribution < 1.29 is 14.3 Å². The van der Waals surface area contributed by atoms with E-state index in [0.717, 1.165) is 11.8 Å². The number of urea groups is 1. The molecule has 0 radical (unpaired) electrons. The van der Waals surface area contributed by atoms with Crippen LogP contribution < -0.4 is 15.4 Å². The fraction of sp³-hybridized carbons (Fsp3) is 0.357. The number of rotatable bonds is 7. The minimum Gasteiger partial charge on any atom is -0.492 e. The van der Waals surface area contributed by atoms with Gasteiger partial charge < -0.3 is 10.1 Å². The second kappa shape index (κ2) is 8.87. The Bertz CT molecular complexity index is 705. The highest BCUT2D eigenvalue weighted by Gasteiger charge is 2.15. The Morgan fingerprint density at radius 2 is 2.08 bits per heavy atom. The van der Waals surface area contributed by atoms with Crippen LogP contribution in [-0.4, -0.2) is 51.1 Å². The molecule has 1 heterocycles. The van der Waals surface area contributed by atoms with Crippen LogP contribution in [0.15, 0.2) is 29.4 Å². The van der Waals surface area contributed by atoms with E-state index in [9.17, 15) is 9.59 Å². The molecule has 0 aliphatic carbocycles. The number of tetrazole rings is 1. The number of hydrogen-bond donors (Lipinski definition) is 2. The summed E-state index contributed by atoms with van der Waals surface area (Å²) in [6.07, 6.45) is 0. The van der Waals surface area contributed by atoms with E-state index in [-0.39, 0.29) is 5.75 Å². The molecule has 0 saturated carbocycles. The maximum atomic E-state index is 11.7. The number of imide groups is 1. The van der Waals surface area contributed by atoms with Crippen molar-refractivity contribution >= 4 is 23.7 Å². The van der Waals surface area contributed by atoms with E-state index in [2.05, 4.69) is 26.2 Å². The summed E-state index contributed by atoms with van der Waals surface area (Å²) in [5, 5.41) is 16.6. The Morgan fingerprint density at radius 1 is 1.29 bits per heavy atom. The van der Waals surface area contributed by atoms with Crippen LogP contribution in [0.1, 0.15) is 13.8 Å². The summed E-state index contributed by atoms with van der Waals surface area (Å²) in [5.41, 5.74) is 0.677. The summed E-state index contributed by atoms with van der Waals surface area (Å²) in [5.74, 6) is 0.216. The van der Waals surface area contributed by atoms with E-state index >= 15 is 0 Å². The largest absolute Gasteiger partial charge is 0.492 e. The van der Waals surface area contributed by atoms with Gasteiger partial charge in [-0.2, -0.15) is 4.68 Å². The number of nitrogens with one attached hydrogen (secondary N) is 2. The number of thioether (sulfide) groups is 1. The monoisotopic (exact) mass is 350 g/mol. The topological polar surface area (TPSA) is 111 Å². The van der Waals surface area contributed by atoms with Crippen LogP contribution in [0.5, 0.6) is 5.75 Å². The molecule has 0 spiro atoms. The predicted octanol–water partition coefficient (Wildman–Crippen LogP) is 0.999. The van der Waals surface area contributed by atoms with Gasteiger partial charge >= 0.3 is 6.03 Å². The highest BCUT2D eigenvalue weighted by molar-refractivity contribution is 7.99. The third-order valence-electron chi connectivity index (χ3n) is 2.76. The molecule has 0 saturated heterocycles. The molecule has 0 fully saturated rings. The van der Waals surface area contributed by atoms with Crippen LogP contribution in [-0.2, 0) is 4.79 Å². The molecule has 2 N–H and O–H groups in total. The number of carbonyl (C=O) groups excluding carboxylic acids is 2. The fourth-order valence-electron chi connectivity index (χ4n) is 1.83. The second-order valence-electron chi connectivity index (χ2n) is 4.47. The Morgan fingerprint density at radius 3 is 2.83 bits per heavy atom. The number of carbonyl (C=O) groups is 2. The van der Waals surface area contributed by atoms with Gasteiger partial charge in [0.2, 0.25) is 11.1 Å². The molecular weight excluding hydrogens is 332 g/mol. The molecule has 0 aliphatic rings. The standard InChI is InChI=1S/C14H18N6O3S/c1-3-15-13(22)16-12(21)9-24-14-17-18-19-20(14)10-7-5-6-8-11(10)23-4-2/h5-8H,3-4,9H2,1-2H3,(H2,15,16,21,22). The number of benzene rings is 1. The predicted molar refractivity (Wildman–Crippen MR) is 88.3 cm³/mol. The molecule has 0 aliphatic heterocycles. The first-order valence-corrected chi connectivity index (χ1v) is 8.35. The van der Waals surface area contributed by atoms with E-state index in [1.807, 2.05) is 31.2 Å². The minimum absolute atomic E-state index is 0.00824. The van der Waals surface area contributed by atoms with Crippen molar-refractivity contribution in [2.75, 3.05) is 18.9 Å². The van der Waals surface area contributed by atoms with E-state index in [1.54, 1.807) is 6.92 Å². The molecule has 128 valence electrons. The summed E-state index contributed by atoms with van der Waals surface area (Å²) in [4.78, 5) is 23.1. The van der Waals surface area contributed by atoms with Gasteiger partial charge in [-0.05, 0) is 36.4 Å². The Hall–Kier alpha value is -2.62. The Balaban J connectivity index is 2.06. The van der Waals surface area contributed by atoms with Gasteiger partial charge in [-0.15, -0.1) is 5.10 Å². The van der Waals surface area contributed by atoms with Gasteiger partial charge in [-0.25, -0.2) is 4.79 Å². The summed E-state index contributed by atoms with van der Waals surface area (Å²) in [6, 6.07) is 6.81. The van der Waals surface area contributed by atoms with Gasteiger partial charge in [-0.1, -0.05) is 23.9 Å². The number of hydrogen-bond acceptors (Lipinski definition) is 7. The first-order chi connectivity index (χ1) is 11.7. The van der Waals surface area contributed by atoms with Gasteiger partial charge in [-0.3, -0.25) is 10.1 Å². The molecule has 1 aromatic heterocycles. The highest BCUT2D eigenvalue weighted by atomic mass is 32.2. The molecule has 2 aromatic rings. The molecule has 0 unspecified atom stereocenters. The van der Waals surface area contributed by atoms with Gasteiger partial charge in [0.1, 0.15) is 11.4 Å². The average Bonchev–Trinajstić information content (AvgIpc) is 3.02. The molecule has 0 atom stereocenters. The summed E-state index contributed by atoms with van der Waals surface area (Å²) in [6.45, 7) is 4.61. The van der Waals surface area contributed by atoms with Crippen LogP contribution in [0.25, 0.3) is 5.69 Å². The number of ether oxygens (including phenoxy) is 1. The zero-order valence-electron chi connectivity index (χ0n) is 13.4. The van der Waals surface area contributed by atoms with E-state index < -0.39 is 11.9 Å². The summed E-state index contributed by atoms with van der Waals surface area (Å²) in [7, 11) is 0. The van der Waals surface area contributed by atoms with Crippen LogP contribution >= 0.6 is 11.8 Å². The molecule has 24 heavy (non-hydrogen) atoms. The van der Waals surface area contributed by atoms with Crippen LogP contribution in [0.3, 0.4) is 0 Å². The summed E-state index contributed by atoms with van der Waals surface area (Å²) < 4.78 is 7.06. The Labute approximate surface area is 143 Å². The third-order valence-corrected chi connectivity index (χ3v) is 3.68. The third kappa shape index (κ3) is 4.69. The van der Waals surface area contributed by atoms with Gasteiger partial charge in [0.25, 0.3) is 0 Å². The molecular formula is C14H18N6O3S. The zero-order chi connectivity index (χ0) is 17.4. The van der Waals surface area contributed by atoms with Crippen molar-refractivity contribution in [3.63, 3.8) is 0 Å². The van der Waals surface area contributed by atoms with E-state index in [0.29, 0.717) is 29.7 Å². The lowest BCUT2D eigenvalue weighted by Gasteiger charge is -2.10. The average molecular weight is 350 g/mol. The normalized spacial score (nSPS) is 10.2. The minimum atomic E-state index is -0.524. The quantitative estimate of drug-likeness (QED) is 0.717. The fourth-order valence-corrected chi connectivity index (χ4v) is 2.51. The molecule has 10 heteroatoms. The highest BCUT2D eigenvalue weighted by Crippen LogP contribution is 2.25. The van der Waals surface area contributed by atoms with Crippen molar-refractivity contribution in [1.82, 2.24) is 30.8 Å². The number of nitrogens with zero attached hydrogens (tertiary/aromatic N) is 4. The van der Waals surface area contributed by atoms with Crippen LogP contribution in [0, 0.1) is 0 Å². The van der Waals surface area contributed by atoms with Crippen LogP contribution in [0.2, 0.25) is 0 Å². The second-order valence-corrected chi connectivity index (χ2v) is 5.41. The van der Waals surface area contributed by atoms with E-state index in [4.69, 9.17) is 4.74 Å². The molecule has 0 bridgehead atoms. The lowest BCUT2D eigenvalue weighted by molar-refractivity contribution is -0.117. The maximum Gasteiger partial charge on any atom is 0.321 e. The van der Waals surface area contributed by atoms with Crippen molar-refractivity contribution in [1.29, 1.82) is 0 Å². The number of para-hydroxylation sites is 2. The van der Waals surface area contributed by atoms with Crippen molar-refractivity contribution in [3.8, 4) is 11.4 Å². The smallest absolute Gasteiger partial charge is 0.321 e. The van der Waals surface area contributed by atoms with Gasteiger partial charge in [0, 0.05) is 6.54 Å². The molecule has 1 aromatic carbocycles. The first kappa shape index (κ1) is 17.7. The number of amides is 3. The molecule has 2 rings (SSSR count). The first-order valence-electron chi connectivity index (χ1n) is 7.36. The molecule has 3 amide bonds. The van der Waals surface area contributed by atoms with Gasteiger partial charge in [0.15, 0.2) is 0 Å².